The zero-order valence-corrected chi connectivity index (χ0v) is 10.7. The molecule has 8 nitrogen and oxygen atoms in total. The summed E-state index contributed by atoms with van der Waals surface area (Å²) in [5.74, 6) is 0.328. The number of aryl methyl sites for hydroxylation is 1. The summed E-state index contributed by atoms with van der Waals surface area (Å²) in [6.07, 6.45) is 1.28. The molecule has 0 saturated carbocycles. The average Bonchev–Trinajstić information content (AvgIpc) is 2.85. The van der Waals surface area contributed by atoms with E-state index in [1.807, 2.05) is 4.90 Å². The largest absolute Gasteiger partial charge is 0.438 e. The van der Waals surface area contributed by atoms with Crippen LogP contribution in [0.25, 0.3) is 0 Å². The second-order valence-corrected chi connectivity index (χ2v) is 4.43. The third kappa shape index (κ3) is 3.02. The van der Waals surface area contributed by atoms with Gasteiger partial charge in [-0.15, -0.1) is 0 Å². The first kappa shape index (κ1) is 13.3. The summed E-state index contributed by atoms with van der Waals surface area (Å²) in [6.45, 7) is 4.66. The van der Waals surface area contributed by atoms with Crippen molar-refractivity contribution in [3.05, 3.63) is 17.8 Å². The molecule has 0 radical (unpaired) electrons. The van der Waals surface area contributed by atoms with Gasteiger partial charge in [-0.1, -0.05) is 5.16 Å². The number of rotatable bonds is 3. The van der Waals surface area contributed by atoms with Crippen molar-refractivity contribution in [1.82, 2.24) is 14.8 Å². The number of oxime groups is 1. The van der Waals surface area contributed by atoms with Crippen LogP contribution in [0.1, 0.15) is 16.2 Å². The Kier molecular flexibility index (Phi) is 4.00. The molecule has 1 aromatic rings. The molecular weight excluding hydrogens is 250 g/mol. The molecule has 3 N–H and O–H groups in total. The molecule has 1 amide bonds. The van der Waals surface area contributed by atoms with Gasteiger partial charge in [-0.25, -0.2) is 4.98 Å². The lowest BCUT2D eigenvalue weighted by Gasteiger charge is -2.33. The number of carbonyl (C=O) groups is 1. The van der Waals surface area contributed by atoms with Gasteiger partial charge in [-0.2, -0.15) is 0 Å². The van der Waals surface area contributed by atoms with Crippen molar-refractivity contribution in [1.29, 1.82) is 0 Å². The predicted molar refractivity (Wildman–Crippen MR) is 67.0 cm³/mol. The number of nitrogens with two attached hydrogens (primary N) is 1. The lowest BCUT2D eigenvalue weighted by atomic mass is 10.2. The zero-order chi connectivity index (χ0) is 13.8. The molecular formula is C11H17N5O3. The van der Waals surface area contributed by atoms with Gasteiger partial charge in [-0.05, 0) is 6.92 Å². The van der Waals surface area contributed by atoms with Crippen LogP contribution < -0.4 is 5.73 Å². The normalized spacial score (nSPS) is 17.7. The highest BCUT2D eigenvalue weighted by Gasteiger charge is 2.25. The van der Waals surface area contributed by atoms with Crippen LogP contribution in [0, 0.1) is 6.92 Å². The van der Waals surface area contributed by atoms with Gasteiger partial charge in [-0.3, -0.25) is 9.69 Å². The zero-order valence-electron chi connectivity index (χ0n) is 10.7. The number of piperazine rings is 1. The quantitative estimate of drug-likeness (QED) is 0.330. The Morgan fingerprint density at radius 1 is 1.53 bits per heavy atom. The van der Waals surface area contributed by atoms with Crippen molar-refractivity contribution in [2.24, 2.45) is 10.9 Å². The maximum Gasteiger partial charge on any atom is 0.291 e. The maximum absolute atomic E-state index is 12.2. The Morgan fingerprint density at radius 2 is 2.21 bits per heavy atom. The van der Waals surface area contributed by atoms with E-state index in [4.69, 9.17) is 15.4 Å². The highest BCUT2D eigenvalue weighted by Crippen LogP contribution is 2.11. The first-order valence-corrected chi connectivity index (χ1v) is 6.00. The van der Waals surface area contributed by atoms with Crippen LogP contribution in [-0.2, 0) is 0 Å². The van der Waals surface area contributed by atoms with Crippen molar-refractivity contribution in [2.75, 3.05) is 32.7 Å². The first-order valence-electron chi connectivity index (χ1n) is 6.00. The molecule has 0 aliphatic carbocycles. The van der Waals surface area contributed by atoms with Gasteiger partial charge in [0.2, 0.25) is 5.76 Å². The summed E-state index contributed by atoms with van der Waals surface area (Å²) < 4.78 is 5.10. The molecule has 2 heterocycles. The molecule has 1 aromatic heterocycles. The van der Waals surface area contributed by atoms with E-state index in [1.165, 1.54) is 6.39 Å². The molecule has 0 unspecified atom stereocenters. The predicted octanol–water partition coefficient (Wildman–Crippen LogP) is -0.513. The molecule has 8 heteroatoms. The lowest BCUT2D eigenvalue weighted by Crippen LogP contribution is -2.50. The number of amidine groups is 1. The number of nitrogens with zero attached hydrogens (tertiary/aromatic N) is 4. The number of carbonyl (C=O) groups excluding carboxylic acids is 1. The molecule has 104 valence electrons. The summed E-state index contributed by atoms with van der Waals surface area (Å²) in [6, 6.07) is 0. The Balaban J connectivity index is 1.90. The van der Waals surface area contributed by atoms with E-state index in [-0.39, 0.29) is 11.7 Å². The summed E-state index contributed by atoms with van der Waals surface area (Å²) in [5, 5.41) is 11.5. The van der Waals surface area contributed by atoms with Gasteiger partial charge < -0.3 is 20.3 Å². The van der Waals surface area contributed by atoms with Crippen molar-refractivity contribution in [3.63, 3.8) is 0 Å². The van der Waals surface area contributed by atoms with Crippen LogP contribution in [0.5, 0.6) is 0 Å². The molecule has 1 saturated heterocycles. The molecule has 19 heavy (non-hydrogen) atoms. The molecule has 2 rings (SSSR count). The van der Waals surface area contributed by atoms with Crippen LogP contribution in [0.4, 0.5) is 0 Å². The standard InChI is InChI=1S/C11H17N5O3/c1-8-10(19-7-13-8)11(17)16-4-2-15(3-5-16)6-9(12)14-18/h7,18H,2-6H2,1H3,(H2,12,14). The Labute approximate surface area is 110 Å². The van der Waals surface area contributed by atoms with Crippen LogP contribution >= 0.6 is 0 Å². The SMILES string of the molecule is Cc1ncoc1C(=O)N1CCN(CC(N)=NO)CC1. The van der Waals surface area contributed by atoms with E-state index in [0.29, 0.717) is 44.2 Å². The van der Waals surface area contributed by atoms with E-state index >= 15 is 0 Å². The summed E-state index contributed by atoms with van der Waals surface area (Å²) in [4.78, 5) is 19.8. The molecule has 0 aromatic carbocycles. The fraction of sp³-hybridized carbons (Fsp3) is 0.545. The number of hydrogen-bond donors (Lipinski definition) is 2. The van der Waals surface area contributed by atoms with Crippen LogP contribution in [-0.4, -0.2) is 64.5 Å². The molecule has 1 aliphatic heterocycles. The fourth-order valence-electron chi connectivity index (χ4n) is 2.02. The molecule has 1 fully saturated rings. The van der Waals surface area contributed by atoms with Gasteiger partial charge >= 0.3 is 0 Å². The molecule has 0 spiro atoms. The number of aromatic nitrogens is 1. The Morgan fingerprint density at radius 3 is 2.74 bits per heavy atom. The second-order valence-electron chi connectivity index (χ2n) is 4.43. The van der Waals surface area contributed by atoms with Crippen molar-refractivity contribution < 1.29 is 14.4 Å². The first-order chi connectivity index (χ1) is 9.11. The van der Waals surface area contributed by atoms with Gasteiger partial charge in [0.05, 0.1) is 12.2 Å². The third-order valence-corrected chi connectivity index (χ3v) is 3.11. The highest BCUT2D eigenvalue weighted by atomic mass is 16.4. The lowest BCUT2D eigenvalue weighted by molar-refractivity contribution is 0.0621. The minimum Gasteiger partial charge on any atom is -0.438 e. The van der Waals surface area contributed by atoms with Crippen molar-refractivity contribution in [3.8, 4) is 0 Å². The van der Waals surface area contributed by atoms with Gasteiger partial charge in [0.15, 0.2) is 12.2 Å². The molecule has 0 atom stereocenters. The summed E-state index contributed by atoms with van der Waals surface area (Å²) >= 11 is 0. The van der Waals surface area contributed by atoms with E-state index in [1.54, 1.807) is 11.8 Å². The van der Waals surface area contributed by atoms with E-state index in [0.717, 1.165) is 0 Å². The average molecular weight is 267 g/mol. The smallest absolute Gasteiger partial charge is 0.291 e. The van der Waals surface area contributed by atoms with Crippen LogP contribution in [0.2, 0.25) is 0 Å². The topological polar surface area (TPSA) is 108 Å². The number of oxazole rings is 1. The van der Waals surface area contributed by atoms with Crippen molar-refractivity contribution in [2.45, 2.75) is 6.92 Å². The monoisotopic (exact) mass is 267 g/mol. The summed E-state index contributed by atoms with van der Waals surface area (Å²) in [7, 11) is 0. The van der Waals surface area contributed by atoms with Gasteiger partial charge in [0, 0.05) is 26.2 Å². The third-order valence-electron chi connectivity index (χ3n) is 3.11. The van der Waals surface area contributed by atoms with Crippen molar-refractivity contribution >= 4 is 11.7 Å². The highest BCUT2D eigenvalue weighted by molar-refractivity contribution is 5.92. The van der Waals surface area contributed by atoms with E-state index in [9.17, 15) is 4.79 Å². The molecule has 0 bridgehead atoms. The van der Waals surface area contributed by atoms with Crippen LogP contribution in [0.15, 0.2) is 16.0 Å². The summed E-state index contributed by atoms with van der Waals surface area (Å²) in [5.41, 5.74) is 6.05. The van der Waals surface area contributed by atoms with Crippen LogP contribution in [0.3, 0.4) is 0 Å². The number of amides is 1. The van der Waals surface area contributed by atoms with E-state index in [2.05, 4.69) is 10.1 Å². The second kappa shape index (κ2) is 5.70. The molecule has 1 aliphatic rings. The minimum absolute atomic E-state index is 0.140. The Hall–Kier alpha value is -2.09. The van der Waals surface area contributed by atoms with Gasteiger partial charge in [0.25, 0.3) is 5.91 Å². The van der Waals surface area contributed by atoms with Gasteiger partial charge in [0.1, 0.15) is 0 Å². The number of hydrogen-bond acceptors (Lipinski definition) is 6. The Bertz CT molecular complexity index is 476. The minimum atomic E-state index is -0.140. The maximum atomic E-state index is 12.2. The fourth-order valence-corrected chi connectivity index (χ4v) is 2.02. The van der Waals surface area contributed by atoms with E-state index < -0.39 is 0 Å².